The van der Waals surface area contributed by atoms with Gasteiger partial charge in [-0.25, -0.2) is 0 Å². The highest BCUT2D eigenvalue weighted by atomic mass is 16.3. The van der Waals surface area contributed by atoms with Crippen molar-refractivity contribution in [3.05, 3.63) is 0 Å². The molecule has 1 saturated heterocycles. The minimum Gasteiger partial charge on any atom is -0.392 e. The van der Waals surface area contributed by atoms with E-state index in [-0.39, 0.29) is 11.5 Å². The Labute approximate surface area is 93.5 Å². The van der Waals surface area contributed by atoms with Gasteiger partial charge < -0.3 is 10.4 Å². The van der Waals surface area contributed by atoms with Crippen LogP contribution >= 0.6 is 0 Å². The summed E-state index contributed by atoms with van der Waals surface area (Å²) in [6, 6.07) is 0.577. The number of aliphatic hydroxyl groups is 1. The summed E-state index contributed by atoms with van der Waals surface area (Å²) in [5.74, 6) is 0.494. The lowest BCUT2D eigenvalue weighted by atomic mass is 9.66. The zero-order chi connectivity index (χ0) is 10.9. The van der Waals surface area contributed by atoms with Crippen LogP contribution in [0.1, 0.15) is 52.4 Å². The Hall–Kier alpha value is -0.0800. The molecule has 1 heterocycles. The van der Waals surface area contributed by atoms with Gasteiger partial charge in [-0.3, -0.25) is 0 Å². The Morgan fingerprint density at radius 1 is 1.13 bits per heavy atom. The van der Waals surface area contributed by atoms with Crippen molar-refractivity contribution in [2.24, 2.45) is 11.3 Å². The third kappa shape index (κ3) is 2.36. The molecular weight excluding hydrogens is 186 g/mol. The van der Waals surface area contributed by atoms with E-state index in [4.69, 9.17) is 0 Å². The lowest BCUT2D eigenvalue weighted by Gasteiger charge is -2.45. The van der Waals surface area contributed by atoms with Crippen LogP contribution in [0, 0.1) is 11.3 Å². The first-order valence-electron chi connectivity index (χ1n) is 6.53. The molecule has 88 valence electrons. The number of piperidine rings is 1. The Morgan fingerprint density at radius 3 is 2.60 bits per heavy atom. The minimum atomic E-state index is -0.109. The molecule has 0 spiro atoms. The fourth-order valence-corrected chi connectivity index (χ4v) is 3.34. The monoisotopic (exact) mass is 211 g/mol. The molecule has 2 heteroatoms. The highest BCUT2D eigenvalue weighted by Crippen LogP contribution is 2.41. The molecular formula is C13H25NO. The lowest BCUT2D eigenvalue weighted by Crippen LogP contribution is -2.51. The van der Waals surface area contributed by atoms with E-state index in [9.17, 15) is 5.11 Å². The summed E-state index contributed by atoms with van der Waals surface area (Å²) in [7, 11) is 0. The molecule has 0 amide bonds. The Bertz CT molecular complexity index is 209. The topological polar surface area (TPSA) is 32.3 Å². The van der Waals surface area contributed by atoms with Crippen LogP contribution in [0.25, 0.3) is 0 Å². The Morgan fingerprint density at radius 2 is 1.93 bits per heavy atom. The number of rotatable bonds is 1. The first-order chi connectivity index (χ1) is 7.11. The second-order valence-corrected chi connectivity index (χ2v) is 6.05. The predicted molar refractivity (Wildman–Crippen MR) is 62.8 cm³/mol. The van der Waals surface area contributed by atoms with Crippen molar-refractivity contribution in [3.8, 4) is 0 Å². The van der Waals surface area contributed by atoms with Crippen LogP contribution < -0.4 is 5.32 Å². The third-order valence-corrected chi connectivity index (χ3v) is 4.43. The molecule has 3 atom stereocenters. The van der Waals surface area contributed by atoms with Crippen LogP contribution in [0.4, 0.5) is 0 Å². The standard InChI is InChI=1S/C13H25NO/c1-13(2)8-5-6-10(12(13)15)11-7-3-4-9-14-11/h10-12,14-15H,3-9H2,1-2H3. The van der Waals surface area contributed by atoms with E-state index in [1.54, 1.807) is 0 Å². The van der Waals surface area contributed by atoms with Gasteiger partial charge in [-0.05, 0) is 37.6 Å². The minimum absolute atomic E-state index is 0.109. The second-order valence-electron chi connectivity index (χ2n) is 6.05. The summed E-state index contributed by atoms with van der Waals surface area (Å²) in [5.41, 5.74) is 0.127. The van der Waals surface area contributed by atoms with Crippen LogP contribution in [0.15, 0.2) is 0 Å². The number of nitrogens with one attached hydrogen (secondary N) is 1. The van der Waals surface area contributed by atoms with Gasteiger partial charge in [0.05, 0.1) is 6.10 Å². The zero-order valence-corrected chi connectivity index (χ0v) is 10.1. The van der Waals surface area contributed by atoms with E-state index in [1.165, 1.54) is 38.5 Å². The van der Waals surface area contributed by atoms with Crippen LogP contribution in [0.2, 0.25) is 0 Å². The van der Waals surface area contributed by atoms with Crippen molar-refractivity contribution in [1.82, 2.24) is 5.32 Å². The molecule has 2 nitrogen and oxygen atoms in total. The highest BCUT2D eigenvalue weighted by Gasteiger charge is 2.41. The molecule has 0 aromatic rings. The van der Waals surface area contributed by atoms with Gasteiger partial charge in [0.15, 0.2) is 0 Å². The van der Waals surface area contributed by atoms with E-state index >= 15 is 0 Å². The SMILES string of the molecule is CC1(C)CCCC(C2CCCCN2)C1O. The normalized spacial score (nSPS) is 41.4. The van der Waals surface area contributed by atoms with E-state index in [0.717, 1.165) is 6.54 Å². The molecule has 2 N–H and O–H groups in total. The van der Waals surface area contributed by atoms with Crippen molar-refractivity contribution < 1.29 is 5.11 Å². The van der Waals surface area contributed by atoms with Crippen LogP contribution in [0.3, 0.4) is 0 Å². The first-order valence-corrected chi connectivity index (χ1v) is 6.53. The first kappa shape index (κ1) is 11.4. The molecule has 15 heavy (non-hydrogen) atoms. The smallest absolute Gasteiger partial charge is 0.0634 e. The molecule has 1 aliphatic carbocycles. The van der Waals surface area contributed by atoms with Crippen molar-refractivity contribution in [2.45, 2.75) is 64.5 Å². The fraction of sp³-hybridized carbons (Fsp3) is 1.00. The summed E-state index contributed by atoms with van der Waals surface area (Å²) < 4.78 is 0. The summed E-state index contributed by atoms with van der Waals surface area (Å²) in [6.07, 6.45) is 7.47. The summed E-state index contributed by atoms with van der Waals surface area (Å²) in [4.78, 5) is 0. The maximum Gasteiger partial charge on any atom is 0.0634 e. The van der Waals surface area contributed by atoms with Gasteiger partial charge in [-0.15, -0.1) is 0 Å². The van der Waals surface area contributed by atoms with Crippen molar-refractivity contribution in [2.75, 3.05) is 6.54 Å². The van der Waals surface area contributed by atoms with E-state index in [2.05, 4.69) is 19.2 Å². The molecule has 1 saturated carbocycles. The average Bonchev–Trinajstić information content (AvgIpc) is 2.23. The third-order valence-electron chi connectivity index (χ3n) is 4.43. The van der Waals surface area contributed by atoms with Gasteiger partial charge in [0, 0.05) is 12.0 Å². The number of aliphatic hydroxyl groups excluding tert-OH is 1. The second kappa shape index (κ2) is 4.42. The molecule has 2 fully saturated rings. The van der Waals surface area contributed by atoms with Gasteiger partial charge in [0.1, 0.15) is 0 Å². The van der Waals surface area contributed by atoms with E-state index in [0.29, 0.717) is 12.0 Å². The fourth-order valence-electron chi connectivity index (χ4n) is 3.34. The maximum absolute atomic E-state index is 10.4. The summed E-state index contributed by atoms with van der Waals surface area (Å²) in [6.45, 7) is 5.58. The van der Waals surface area contributed by atoms with Crippen molar-refractivity contribution in [3.63, 3.8) is 0 Å². The highest BCUT2D eigenvalue weighted by molar-refractivity contribution is 4.94. The quantitative estimate of drug-likeness (QED) is 0.697. The van der Waals surface area contributed by atoms with Crippen LogP contribution in [-0.2, 0) is 0 Å². The van der Waals surface area contributed by atoms with Crippen molar-refractivity contribution >= 4 is 0 Å². The lowest BCUT2D eigenvalue weighted by molar-refractivity contribution is -0.0480. The van der Waals surface area contributed by atoms with Crippen LogP contribution in [0.5, 0.6) is 0 Å². The van der Waals surface area contributed by atoms with Gasteiger partial charge >= 0.3 is 0 Å². The van der Waals surface area contributed by atoms with Crippen LogP contribution in [-0.4, -0.2) is 23.8 Å². The number of hydrogen-bond acceptors (Lipinski definition) is 2. The molecule has 0 aromatic heterocycles. The molecule has 0 radical (unpaired) electrons. The zero-order valence-electron chi connectivity index (χ0n) is 10.1. The molecule has 2 rings (SSSR count). The number of hydrogen-bond donors (Lipinski definition) is 2. The molecule has 2 aliphatic rings. The summed E-state index contributed by atoms with van der Waals surface area (Å²) >= 11 is 0. The van der Waals surface area contributed by atoms with Gasteiger partial charge in [0.25, 0.3) is 0 Å². The molecule has 1 aliphatic heterocycles. The molecule has 0 bridgehead atoms. The van der Waals surface area contributed by atoms with Gasteiger partial charge in [-0.1, -0.05) is 26.7 Å². The average molecular weight is 211 g/mol. The Kier molecular flexibility index (Phi) is 3.36. The van der Waals surface area contributed by atoms with Gasteiger partial charge in [-0.2, -0.15) is 0 Å². The summed E-state index contributed by atoms with van der Waals surface area (Å²) in [5, 5.41) is 14.0. The van der Waals surface area contributed by atoms with E-state index < -0.39 is 0 Å². The van der Waals surface area contributed by atoms with E-state index in [1.807, 2.05) is 0 Å². The molecule has 3 unspecified atom stereocenters. The predicted octanol–water partition coefficient (Wildman–Crippen LogP) is 2.32. The van der Waals surface area contributed by atoms with Gasteiger partial charge in [0.2, 0.25) is 0 Å². The largest absolute Gasteiger partial charge is 0.392 e. The Balaban J connectivity index is 2.00. The molecule has 0 aromatic carbocycles. The maximum atomic E-state index is 10.4. The van der Waals surface area contributed by atoms with Crippen molar-refractivity contribution in [1.29, 1.82) is 0 Å².